The number of aryl methyl sites for hydroxylation is 1. The summed E-state index contributed by atoms with van der Waals surface area (Å²) in [6.07, 6.45) is 5.42. The Morgan fingerprint density at radius 1 is 1.32 bits per heavy atom. The minimum Gasteiger partial charge on any atom is -0.461 e. The van der Waals surface area contributed by atoms with Gasteiger partial charge < -0.3 is 9.73 Å². The van der Waals surface area contributed by atoms with E-state index in [9.17, 15) is 0 Å². The molecule has 19 heavy (non-hydrogen) atoms. The van der Waals surface area contributed by atoms with Gasteiger partial charge in [0.25, 0.3) is 0 Å². The largest absolute Gasteiger partial charge is 0.461 e. The highest BCUT2D eigenvalue weighted by Gasteiger charge is 2.24. The molecule has 2 heteroatoms. The van der Waals surface area contributed by atoms with Crippen molar-refractivity contribution in [2.24, 2.45) is 5.92 Å². The number of fused-ring (bicyclic) bond motifs is 1. The van der Waals surface area contributed by atoms with Crippen LogP contribution in [0.1, 0.15) is 43.9 Å². The number of para-hydroxylation sites is 1. The fourth-order valence-corrected chi connectivity index (χ4v) is 2.84. The standard InChI is InChI=1S/C17H23NO/c1-3-14(10-13-8-9-13)18-11-16-12(2)19-17-7-5-4-6-15(16)17/h4-7,13-14,18H,3,8-11H2,1-2H3. The molecule has 2 aromatic rings. The van der Waals surface area contributed by atoms with Crippen molar-refractivity contribution in [1.29, 1.82) is 0 Å². The normalized spacial score (nSPS) is 16.9. The smallest absolute Gasteiger partial charge is 0.134 e. The maximum atomic E-state index is 5.82. The van der Waals surface area contributed by atoms with Crippen LogP contribution < -0.4 is 5.32 Å². The molecule has 1 atom stereocenters. The van der Waals surface area contributed by atoms with Crippen LogP contribution in [-0.4, -0.2) is 6.04 Å². The number of hydrogen-bond acceptors (Lipinski definition) is 2. The first-order valence-electron chi connectivity index (χ1n) is 7.48. The highest BCUT2D eigenvalue weighted by Crippen LogP contribution is 2.34. The molecule has 1 saturated carbocycles. The molecule has 0 radical (unpaired) electrons. The van der Waals surface area contributed by atoms with Gasteiger partial charge in [-0.1, -0.05) is 38.0 Å². The molecule has 3 rings (SSSR count). The number of nitrogens with one attached hydrogen (secondary N) is 1. The maximum absolute atomic E-state index is 5.82. The summed E-state index contributed by atoms with van der Waals surface area (Å²) in [5.41, 5.74) is 2.33. The summed E-state index contributed by atoms with van der Waals surface area (Å²) in [5, 5.41) is 4.97. The van der Waals surface area contributed by atoms with Gasteiger partial charge in [-0.25, -0.2) is 0 Å². The average molecular weight is 257 g/mol. The van der Waals surface area contributed by atoms with Gasteiger partial charge in [0.1, 0.15) is 11.3 Å². The molecule has 1 unspecified atom stereocenters. The second-order valence-corrected chi connectivity index (χ2v) is 5.80. The first-order valence-corrected chi connectivity index (χ1v) is 7.48. The van der Waals surface area contributed by atoms with Crippen molar-refractivity contribution in [1.82, 2.24) is 5.32 Å². The lowest BCUT2D eigenvalue weighted by atomic mass is 10.1. The van der Waals surface area contributed by atoms with E-state index in [-0.39, 0.29) is 0 Å². The second-order valence-electron chi connectivity index (χ2n) is 5.80. The quantitative estimate of drug-likeness (QED) is 0.829. The van der Waals surface area contributed by atoms with Gasteiger partial charge in [0.15, 0.2) is 0 Å². The molecule has 2 nitrogen and oxygen atoms in total. The van der Waals surface area contributed by atoms with Crippen molar-refractivity contribution in [3.8, 4) is 0 Å². The van der Waals surface area contributed by atoms with Gasteiger partial charge in [-0.15, -0.1) is 0 Å². The van der Waals surface area contributed by atoms with Crippen molar-refractivity contribution in [3.63, 3.8) is 0 Å². The summed E-state index contributed by atoms with van der Waals surface area (Å²) in [7, 11) is 0. The van der Waals surface area contributed by atoms with E-state index in [1.165, 1.54) is 36.6 Å². The van der Waals surface area contributed by atoms with Crippen LogP contribution in [0.5, 0.6) is 0 Å². The van der Waals surface area contributed by atoms with Gasteiger partial charge in [0.05, 0.1) is 0 Å². The number of hydrogen-bond donors (Lipinski definition) is 1. The van der Waals surface area contributed by atoms with Crippen molar-refractivity contribution < 1.29 is 4.42 Å². The molecule has 1 fully saturated rings. The average Bonchev–Trinajstić information content (AvgIpc) is 3.17. The van der Waals surface area contributed by atoms with Gasteiger partial charge in [-0.3, -0.25) is 0 Å². The first kappa shape index (κ1) is 12.7. The minimum absolute atomic E-state index is 0.653. The summed E-state index contributed by atoms with van der Waals surface area (Å²) >= 11 is 0. The van der Waals surface area contributed by atoms with Crippen LogP contribution in [0.25, 0.3) is 11.0 Å². The maximum Gasteiger partial charge on any atom is 0.134 e. The molecule has 0 saturated heterocycles. The molecular formula is C17H23NO. The van der Waals surface area contributed by atoms with Gasteiger partial charge in [0, 0.05) is 23.5 Å². The van der Waals surface area contributed by atoms with Gasteiger partial charge in [-0.05, 0) is 31.7 Å². The predicted molar refractivity (Wildman–Crippen MR) is 79.2 cm³/mol. The SMILES string of the molecule is CCC(CC1CC1)NCc1c(C)oc2ccccc12. The van der Waals surface area contributed by atoms with E-state index in [2.05, 4.69) is 31.3 Å². The summed E-state index contributed by atoms with van der Waals surface area (Å²) < 4.78 is 5.82. The van der Waals surface area contributed by atoms with Crippen LogP contribution in [0.4, 0.5) is 0 Å². The highest BCUT2D eigenvalue weighted by molar-refractivity contribution is 5.82. The first-order chi connectivity index (χ1) is 9.28. The molecule has 0 amide bonds. The summed E-state index contributed by atoms with van der Waals surface area (Å²) in [6.45, 7) is 5.27. The molecule has 102 valence electrons. The zero-order valence-corrected chi connectivity index (χ0v) is 11.9. The van der Waals surface area contributed by atoms with E-state index in [4.69, 9.17) is 4.42 Å². The van der Waals surface area contributed by atoms with E-state index in [1.807, 2.05) is 12.1 Å². The molecule has 1 aromatic carbocycles. The number of benzene rings is 1. The third kappa shape index (κ3) is 2.84. The van der Waals surface area contributed by atoms with E-state index in [0.717, 1.165) is 23.8 Å². The zero-order valence-electron chi connectivity index (χ0n) is 11.9. The Labute approximate surface area is 115 Å². The van der Waals surface area contributed by atoms with Crippen LogP contribution in [0.15, 0.2) is 28.7 Å². The summed E-state index contributed by atoms with van der Waals surface area (Å²) in [4.78, 5) is 0. The van der Waals surface area contributed by atoms with E-state index >= 15 is 0 Å². The van der Waals surface area contributed by atoms with Gasteiger partial charge >= 0.3 is 0 Å². The third-order valence-corrected chi connectivity index (χ3v) is 4.28. The van der Waals surface area contributed by atoms with Crippen LogP contribution >= 0.6 is 0 Å². The Hall–Kier alpha value is -1.28. The van der Waals surface area contributed by atoms with Crippen LogP contribution in [-0.2, 0) is 6.54 Å². The molecule has 0 spiro atoms. The van der Waals surface area contributed by atoms with E-state index < -0.39 is 0 Å². The summed E-state index contributed by atoms with van der Waals surface area (Å²) in [5.74, 6) is 2.04. The lowest BCUT2D eigenvalue weighted by molar-refractivity contribution is 0.442. The molecule has 1 N–H and O–H groups in total. The van der Waals surface area contributed by atoms with Crippen LogP contribution in [0, 0.1) is 12.8 Å². The van der Waals surface area contributed by atoms with Crippen molar-refractivity contribution in [2.45, 2.75) is 52.1 Å². The monoisotopic (exact) mass is 257 g/mol. The zero-order chi connectivity index (χ0) is 13.2. The fraction of sp³-hybridized carbons (Fsp3) is 0.529. The van der Waals surface area contributed by atoms with Crippen LogP contribution in [0.3, 0.4) is 0 Å². The van der Waals surface area contributed by atoms with Crippen molar-refractivity contribution in [2.75, 3.05) is 0 Å². The summed E-state index contributed by atoms with van der Waals surface area (Å²) in [6, 6.07) is 8.98. The predicted octanol–water partition coefficient (Wildman–Crippen LogP) is 4.41. The molecule has 1 aromatic heterocycles. The molecule has 1 aliphatic carbocycles. The highest BCUT2D eigenvalue weighted by atomic mass is 16.3. The Balaban J connectivity index is 1.71. The second kappa shape index (κ2) is 5.38. The minimum atomic E-state index is 0.653. The molecule has 0 aliphatic heterocycles. The van der Waals surface area contributed by atoms with E-state index in [0.29, 0.717) is 6.04 Å². The number of furan rings is 1. The lowest BCUT2D eigenvalue weighted by Gasteiger charge is -2.16. The fourth-order valence-electron chi connectivity index (χ4n) is 2.84. The van der Waals surface area contributed by atoms with E-state index in [1.54, 1.807) is 0 Å². The Bertz CT molecular complexity index is 553. The van der Waals surface area contributed by atoms with Crippen molar-refractivity contribution in [3.05, 3.63) is 35.6 Å². The molecule has 1 aliphatic rings. The number of rotatable bonds is 6. The van der Waals surface area contributed by atoms with Gasteiger partial charge in [-0.2, -0.15) is 0 Å². The Kier molecular flexibility index (Phi) is 3.61. The van der Waals surface area contributed by atoms with Crippen molar-refractivity contribution >= 4 is 11.0 Å². The molecule has 1 heterocycles. The third-order valence-electron chi connectivity index (χ3n) is 4.28. The molecular weight excluding hydrogens is 234 g/mol. The lowest BCUT2D eigenvalue weighted by Crippen LogP contribution is -2.28. The topological polar surface area (TPSA) is 25.2 Å². The van der Waals surface area contributed by atoms with Gasteiger partial charge in [0.2, 0.25) is 0 Å². The molecule has 0 bridgehead atoms. The van der Waals surface area contributed by atoms with Crippen LogP contribution in [0.2, 0.25) is 0 Å². The Morgan fingerprint density at radius 3 is 2.84 bits per heavy atom. The Morgan fingerprint density at radius 2 is 2.11 bits per heavy atom.